The van der Waals surface area contributed by atoms with E-state index in [2.05, 4.69) is 19.9 Å². The lowest BCUT2D eigenvalue weighted by atomic mass is 9.82. The minimum absolute atomic E-state index is 0.727. The second-order valence-corrected chi connectivity index (χ2v) is 4.25. The first kappa shape index (κ1) is 9.79. The lowest BCUT2D eigenvalue weighted by Crippen LogP contribution is -2.12. The average Bonchev–Trinajstić information content (AvgIpc) is 2.04. The smallest absolute Gasteiger partial charge is 0.0134 e. The van der Waals surface area contributed by atoms with Crippen molar-refractivity contribution < 1.29 is 0 Å². The molecule has 0 bridgehead atoms. The fourth-order valence-corrected chi connectivity index (χ4v) is 2.10. The Labute approximate surface area is 76.0 Å². The van der Waals surface area contributed by atoms with Gasteiger partial charge in [0.1, 0.15) is 0 Å². The van der Waals surface area contributed by atoms with Gasteiger partial charge in [-0.1, -0.05) is 31.4 Å². The second kappa shape index (κ2) is 4.66. The summed E-state index contributed by atoms with van der Waals surface area (Å²) in [5.41, 5.74) is 6.91. The van der Waals surface area contributed by atoms with Gasteiger partial charge in [-0.15, -0.1) is 0 Å². The molecule has 1 rings (SSSR count). The van der Waals surface area contributed by atoms with Gasteiger partial charge < -0.3 is 5.73 Å². The molecule has 0 spiro atoms. The summed E-state index contributed by atoms with van der Waals surface area (Å²) >= 11 is 0. The summed E-state index contributed by atoms with van der Waals surface area (Å²) in [4.78, 5) is 0. The summed E-state index contributed by atoms with van der Waals surface area (Å²) in [5.74, 6) is 1.74. The Morgan fingerprint density at radius 1 is 1.50 bits per heavy atom. The van der Waals surface area contributed by atoms with E-state index in [4.69, 9.17) is 5.73 Å². The van der Waals surface area contributed by atoms with Crippen LogP contribution in [0, 0.1) is 11.8 Å². The Balaban J connectivity index is 2.41. The molecule has 0 aliphatic heterocycles. The predicted molar refractivity (Wildman–Crippen MR) is 53.9 cm³/mol. The van der Waals surface area contributed by atoms with E-state index in [1.807, 2.05) is 0 Å². The van der Waals surface area contributed by atoms with E-state index in [1.165, 1.54) is 31.3 Å². The van der Waals surface area contributed by atoms with Crippen LogP contribution in [0.25, 0.3) is 0 Å². The van der Waals surface area contributed by atoms with Crippen LogP contribution in [0.1, 0.15) is 39.5 Å². The van der Waals surface area contributed by atoms with Crippen molar-refractivity contribution >= 4 is 0 Å². The summed E-state index contributed by atoms with van der Waals surface area (Å²) < 4.78 is 0. The molecule has 2 N–H and O–H groups in total. The maximum absolute atomic E-state index is 5.56. The maximum atomic E-state index is 5.56. The zero-order valence-electron chi connectivity index (χ0n) is 8.34. The summed E-state index contributed by atoms with van der Waals surface area (Å²) in [6, 6.07) is 0. The molecule has 1 heteroatoms. The van der Waals surface area contributed by atoms with Gasteiger partial charge in [0.2, 0.25) is 0 Å². The Bertz CT molecular complexity index is 160. The molecule has 0 amide bonds. The van der Waals surface area contributed by atoms with Crippen LogP contribution in [0.5, 0.6) is 0 Å². The van der Waals surface area contributed by atoms with Crippen LogP contribution in [0.2, 0.25) is 0 Å². The summed E-state index contributed by atoms with van der Waals surface area (Å²) in [6.45, 7) is 5.22. The number of allylic oxidation sites excluding steroid dienone is 1. The van der Waals surface area contributed by atoms with Gasteiger partial charge in [0.15, 0.2) is 0 Å². The van der Waals surface area contributed by atoms with Gasteiger partial charge in [-0.3, -0.25) is 0 Å². The minimum atomic E-state index is 0.727. The summed E-state index contributed by atoms with van der Waals surface area (Å²) in [7, 11) is 0. The predicted octanol–water partition coefficient (Wildman–Crippen LogP) is 2.72. The highest BCUT2D eigenvalue weighted by atomic mass is 14.5. The highest BCUT2D eigenvalue weighted by molar-refractivity contribution is 5.03. The van der Waals surface area contributed by atoms with Gasteiger partial charge in [-0.25, -0.2) is 0 Å². The zero-order chi connectivity index (χ0) is 8.97. The van der Waals surface area contributed by atoms with Gasteiger partial charge >= 0.3 is 0 Å². The van der Waals surface area contributed by atoms with Gasteiger partial charge in [-0.05, 0) is 31.6 Å². The lowest BCUT2D eigenvalue weighted by molar-refractivity contribution is 0.324. The molecule has 1 fully saturated rings. The molecule has 1 saturated carbocycles. The van der Waals surface area contributed by atoms with Crippen molar-refractivity contribution in [2.75, 3.05) is 6.54 Å². The van der Waals surface area contributed by atoms with Crippen LogP contribution in [-0.2, 0) is 0 Å². The van der Waals surface area contributed by atoms with E-state index in [9.17, 15) is 0 Å². The Morgan fingerprint density at radius 2 is 2.25 bits per heavy atom. The second-order valence-electron chi connectivity index (χ2n) is 4.25. The number of rotatable bonds is 2. The fraction of sp³-hybridized carbons (Fsp3) is 0.818. The van der Waals surface area contributed by atoms with Crippen molar-refractivity contribution in [3.8, 4) is 0 Å². The van der Waals surface area contributed by atoms with Gasteiger partial charge in [0, 0.05) is 6.54 Å². The quantitative estimate of drug-likeness (QED) is 0.629. The van der Waals surface area contributed by atoms with E-state index in [0.29, 0.717) is 0 Å². The molecule has 70 valence electrons. The van der Waals surface area contributed by atoms with Crippen LogP contribution < -0.4 is 5.73 Å². The lowest BCUT2D eigenvalue weighted by Gasteiger charge is -2.24. The van der Waals surface area contributed by atoms with Gasteiger partial charge in [0.05, 0.1) is 0 Å². The third-order valence-electron chi connectivity index (χ3n) is 2.82. The highest BCUT2D eigenvalue weighted by Gasteiger charge is 2.16. The Kier molecular flexibility index (Phi) is 3.80. The molecule has 1 nitrogen and oxygen atoms in total. The third-order valence-corrected chi connectivity index (χ3v) is 2.82. The number of nitrogens with two attached hydrogens (primary N) is 1. The molecular formula is C11H21N. The SMILES string of the molecule is C/C(=C/C1CCCC(C)C1)CN. The molecule has 1 aliphatic carbocycles. The van der Waals surface area contributed by atoms with Gasteiger partial charge in [-0.2, -0.15) is 0 Å². The maximum Gasteiger partial charge on any atom is 0.0134 e. The van der Waals surface area contributed by atoms with Crippen LogP contribution in [0.4, 0.5) is 0 Å². The molecule has 0 aromatic rings. The molecule has 0 radical (unpaired) electrons. The van der Waals surface area contributed by atoms with Crippen LogP contribution in [-0.4, -0.2) is 6.54 Å². The van der Waals surface area contributed by atoms with Gasteiger partial charge in [0.25, 0.3) is 0 Å². The molecule has 2 atom stereocenters. The average molecular weight is 167 g/mol. The van der Waals surface area contributed by atoms with Crippen molar-refractivity contribution in [2.24, 2.45) is 17.6 Å². The van der Waals surface area contributed by atoms with Crippen LogP contribution in [0.15, 0.2) is 11.6 Å². The van der Waals surface area contributed by atoms with E-state index in [0.717, 1.165) is 18.4 Å². The zero-order valence-corrected chi connectivity index (χ0v) is 8.34. The molecule has 0 saturated heterocycles. The van der Waals surface area contributed by atoms with Crippen LogP contribution in [0.3, 0.4) is 0 Å². The normalized spacial score (nSPS) is 32.1. The van der Waals surface area contributed by atoms with Crippen molar-refractivity contribution in [1.82, 2.24) is 0 Å². The minimum Gasteiger partial charge on any atom is -0.327 e. The van der Waals surface area contributed by atoms with E-state index < -0.39 is 0 Å². The van der Waals surface area contributed by atoms with E-state index in [1.54, 1.807) is 0 Å². The molecule has 12 heavy (non-hydrogen) atoms. The number of hydrogen-bond acceptors (Lipinski definition) is 1. The monoisotopic (exact) mass is 167 g/mol. The Hall–Kier alpha value is -0.300. The molecule has 0 aromatic heterocycles. The summed E-state index contributed by atoms with van der Waals surface area (Å²) in [5, 5.41) is 0. The molecule has 1 aliphatic rings. The third kappa shape index (κ3) is 2.98. The largest absolute Gasteiger partial charge is 0.327 e. The first-order chi connectivity index (χ1) is 5.72. The molecule has 2 unspecified atom stereocenters. The Morgan fingerprint density at radius 3 is 2.83 bits per heavy atom. The van der Waals surface area contributed by atoms with Crippen molar-refractivity contribution in [3.63, 3.8) is 0 Å². The first-order valence-electron chi connectivity index (χ1n) is 5.09. The fourth-order valence-electron chi connectivity index (χ4n) is 2.10. The van der Waals surface area contributed by atoms with Crippen LogP contribution >= 0.6 is 0 Å². The van der Waals surface area contributed by atoms with Crippen molar-refractivity contribution in [3.05, 3.63) is 11.6 Å². The standard InChI is InChI=1S/C11H21N/c1-9-4-3-5-11(6-9)7-10(2)8-12/h7,9,11H,3-6,8,12H2,1-2H3/b10-7-. The topological polar surface area (TPSA) is 26.0 Å². The number of hydrogen-bond donors (Lipinski definition) is 1. The van der Waals surface area contributed by atoms with E-state index >= 15 is 0 Å². The molecular weight excluding hydrogens is 146 g/mol. The van der Waals surface area contributed by atoms with E-state index in [-0.39, 0.29) is 0 Å². The molecule has 0 aromatic carbocycles. The van der Waals surface area contributed by atoms with Crippen molar-refractivity contribution in [2.45, 2.75) is 39.5 Å². The summed E-state index contributed by atoms with van der Waals surface area (Å²) in [6.07, 6.45) is 7.96. The molecule has 0 heterocycles. The highest BCUT2D eigenvalue weighted by Crippen LogP contribution is 2.29. The first-order valence-corrected chi connectivity index (χ1v) is 5.09. The van der Waals surface area contributed by atoms with Crippen molar-refractivity contribution in [1.29, 1.82) is 0 Å².